The van der Waals surface area contributed by atoms with Gasteiger partial charge in [0.05, 0.1) is 27.1 Å². The molecule has 1 aliphatic heterocycles. The average Bonchev–Trinajstić information content (AvgIpc) is 3.19. The number of ether oxygens (including phenoxy) is 4. The maximum absolute atomic E-state index is 12.3. The van der Waals surface area contributed by atoms with Gasteiger partial charge in [0, 0.05) is 37.8 Å². The number of hydrogen-bond acceptors (Lipinski definition) is 10. The first-order chi connectivity index (χ1) is 15.3. The SMILES string of the molecule is COC1OC(COC(=O)c2ccc([N+](=O)[O-])cc2)CC1OC(=O)c1ccc([N+](=O)[O-])cc1. The van der Waals surface area contributed by atoms with Crippen molar-refractivity contribution in [3.8, 4) is 0 Å². The van der Waals surface area contributed by atoms with Gasteiger partial charge < -0.3 is 18.9 Å². The van der Waals surface area contributed by atoms with Crippen molar-refractivity contribution < 1.29 is 38.4 Å². The van der Waals surface area contributed by atoms with Crippen molar-refractivity contribution in [2.75, 3.05) is 13.7 Å². The summed E-state index contributed by atoms with van der Waals surface area (Å²) in [7, 11) is 1.36. The van der Waals surface area contributed by atoms with E-state index in [-0.39, 0.29) is 35.5 Å². The van der Waals surface area contributed by atoms with E-state index >= 15 is 0 Å². The second kappa shape index (κ2) is 9.94. The van der Waals surface area contributed by atoms with Crippen LogP contribution in [0.5, 0.6) is 0 Å². The van der Waals surface area contributed by atoms with Crippen molar-refractivity contribution in [1.29, 1.82) is 0 Å². The van der Waals surface area contributed by atoms with Gasteiger partial charge in [-0.05, 0) is 24.3 Å². The summed E-state index contributed by atoms with van der Waals surface area (Å²) in [4.78, 5) is 44.7. The smallest absolute Gasteiger partial charge is 0.338 e. The monoisotopic (exact) mass is 446 g/mol. The number of carbonyl (C=O) groups is 2. The van der Waals surface area contributed by atoms with E-state index in [2.05, 4.69) is 0 Å². The summed E-state index contributed by atoms with van der Waals surface area (Å²) in [5.74, 6) is -1.40. The Morgan fingerprint density at radius 3 is 1.91 bits per heavy atom. The quantitative estimate of drug-likeness (QED) is 0.335. The van der Waals surface area contributed by atoms with Crippen LogP contribution in [0.25, 0.3) is 0 Å². The minimum absolute atomic E-state index is 0.124. The summed E-state index contributed by atoms with van der Waals surface area (Å²) >= 11 is 0. The van der Waals surface area contributed by atoms with Gasteiger partial charge in [-0.3, -0.25) is 20.2 Å². The molecule has 0 saturated carbocycles. The zero-order valence-corrected chi connectivity index (χ0v) is 16.7. The van der Waals surface area contributed by atoms with Gasteiger partial charge in [0.1, 0.15) is 6.61 Å². The second-order valence-electron chi connectivity index (χ2n) is 6.75. The van der Waals surface area contributed by atoms with Crippen LogP contribution in [0.15, 0.2) is 48.5 Å². The fourth-order valence-electron chi connectivity index (χ4n) is 3.02. The molecule has 1 fully saturated rings. The van der Waals surface area contributed by atoms with Gasteiger partial charge in [-0.1, -0.05) is 0 Å². The van der Waals surface area contributed by atoms with Gasteiger partial charge >= 0.3 is 11.9 Å². The predicted octanol–water partition coefficient (Wildman–Crippen LogP) is 2.65. The minimum Gasteiger partial charge on any atom is -0.459 e. The number of esters is 2. The molecular weight excluding hydrogens is 428 g/mol. The second-order valence-corrected chi connectivity index (χ2v) is 6.75. The van der Waals surface area contributed by atoms with E-state index in [1.54, 1.807) is 0 Å². The molecule has 1 heterocycles. The lowest BCUT2D eigenvalue weighted by Gasteiger charge is -2.17. The number of methoxy groups -OCH3 is 1. The van der Waals surface area contributed by atoms with Gasteiger partial charge in [-0.15, -0.1) is 0 Å². The van der Waals surface area contributed by atoms with Crippen LogP contribution in [0.2, 0.25) is 0 Å². The molecule has 32 heavy (non-hydrogen) atoms. The Balaban J connectivity index is 1.54. The summed E-state index contributed by atoms with van der Waals surface area (Å²) in [6, 6.07) is 9.88. The normalized spacial score (nSPS) is 19.8. The van der Waals surface area contributed by atoms with E-state index < -0.39 is 40.3 Å². The zero-order valence-electron chi connectivity index (χ0n) is 16.7. The third-order valence-corrected chi connectivity index (χ3v) is 4.64. The summed E-state index contributed by atoms with van der Waals surface area (Å²) in [5, 5.41) is 21.4. The van der Waals surface area contributed by atoms with E-state index in [4.69, 9.17) is 18.9 Å². The molecule has 0 amide bonds. The van der Waals surface area contributed by atoms with Crippen LogP contribution in [-0.4, -0.2) is 54.0 Å². The Bertz CT molecular complexity index is 1010. The van der Waals surface area contributed by atoms with Crippen LogP contribution in [0.1, 0.15) is 27.1 Å². The fourth-order valence-corrected chi connectivity index (χ4v) is 3.02. The van der Waals surface area contributed by atoms with E-state index in [0.717, 1.165) is 0 Å². The van der Waals surface area contributed by atoms with E-state index in [0.29, 0.717) is 0 Å². The van der Waals surface area contributed by atoms with E-state index in [1.807, 2.05) is 0 Å². The number of nitrogens with zero attached hydrogens (tertiary/aromatic N) is 2. The number of nitro groups is 2. The number of benzene rings is 2. The molecule has 2 aromatic rings. The molecule has 0 aromatic heterocycles. The first-order valence-electron chi connectivity index (χ1n) is 9.33. The average molecular weight is 446 g/mol. The van der Waals surface area contributed by atoms with Gasteiger partial charge in [0.15, 0.2) is 12.4 Å². The third-order valence-electron chi connectivity index (χ3n) is 4.64. The van der Waals surface area contributed by atoms with Crippen molar-refractivity contribution >= 4 is 23.3 Å². The Kier molecular flexibility index (Phi) is 7.07. The van der Waals surface area contributed by atoms with Crippen LogP contribution in [0.4, 0.5) is 11.4 Å². The zero-order chi connectivity index (χ0) is 23.3. The Hall–Kier alpha value is -3.90. The Morgan fingerprint density at radius 1 is 0.938 bits per heavy atom. The van der Waals surface area contributed by atoms with Gasteiger partial charge in [-0.2, -0.15) is 0 Å². The highest BCUT2D eigenvalue weighted by molar-refractivity contribution is 5.90. The predicted molar refractivity (Wildman–Crippen MR) is 106 cm³/mol. The van der Waals surface area contributed by atoms with Crippen molar-refractivity contribution in [3.05, 3.63) is 79.9 Å². The topological polar surface area (TPSA) is 157 Å². The molecule has 1 saturated heterocycles. The van der Waals surface area contributed by atoms with Crippen molar-refractivity contribution in [1.82, 2.24) is 0 Å². The largest absolute Gasteiger partial charge is 0.459 e. The van der Waals surface area contributed by atoms with Crippen molar-refractivity contribution in [3.63, 3.8) is 0 Å². The number of rotatable bonds is 8. The van der Waals surface area contributed by atoms with E-state index in [1.165, 1.54) is 55.6 Å². The molecule has 3 rings (SSSR count). The fraction of sp³-hybridized carbons (Fsp3) is 0.300. The maximum Gasteiger partial charge on any atom is 0.338 e. The lowest BCUT2D eigenvalue weighted by molar-refractivity contribution is -0.385. The molecule has 0 spiro atoms. The van der Waals surface area contributed by atoms with Crippen molar-refractivity contribution in [2.24, 2.45) is 0 Å². The molecule has 3 unspecified atom stereocenters. The Morgan fingerprint density at radius 2 is 1.44 bits per heavy atom. The third kappa shape index (κ3) is 5.42. The van der Waals surface area contributed by atoms with Crippen LogP contribution >= 0.6 is 0 Å². The van der Waals surface area contributed by atoms with Crippen LogP contribution in [-0.2, 0) is 18.9 Å². The van der Waals surface area contributed by atoms with E-state index in [9.17, 15) is 29.8 Å². The molecule has 3 atom stereocenters. The molecule has 0 bridgehead atoms. The number of non-ortho nitro benzene ring substituents is 2. The van der Waals surface area contributed by atoms with Gasteiger partial charge in [-0.25, -0.2) is 9.59 Å². The van der Waals surface area contributed by atoms with Crippen LogP contribution < -0.4 is 0 Å². The molecule has 2 aromatic carbocycles. The molecule has 12 heteroatoms. The van der Waals surface area contributed by atoms with Crippen LogP contribution in [0, 0.1) is 20.2 Å². The lowest BCUT2D eigenvalue weighted by Crippen LogP contribution is -2.28. The molecule has 1 aliphatic rings. The summed E-state index contributed by atoms with van der Waals surface area (Å²) < 4.78 is 21.3. The molecule has 0 radical (unpaired) electrons. The highest BCUT2D eigenvalue weighted by atomic mass is 16.7. The molecular formula is C20H18N2O10. The summed E-state index contributed by atoms with van der Waals surface area (Å²) in [6.45, 7) is -0.152. The first-order valence-corrected chi connectivity index (χ1v) is 9.33. The highest BCUT2D eigenvalue weighted by Gasteiger charge is 2.39. The van der Waals surface area contributed by atoms with Crippen LogP contribution in [0.3, 0.4) is 0 Å². The standard InChI is InChI=1S/C20H18N2O10/c1-29-20-17(32-19(24)13-4-8-15(9-5-13)22(27)28)10-16(31-20)11-30-18(23)12-2-6-14(7-3-12)21(25)26/h2-9,16-17,20H,10-11H2,1H3. The molecule has 0 aliphatic carbocycles. The summed E-state index contributed by atoms with van der Waals surface area (Å²) in [6.07, 6.45) is -2.10. The number of nitro benzene ring substituents is 2. The molecule has 168 valence electrons. The van der Waals surface area contributed by atoms with Gasteiger partial charge in [0.25, 0.3) is 11.4 Å². The number of hydrogen-bond donors (Lipinski definition) is 0. The molecule has 0 N–H and O–H groups in total. The van der Waals surface area contributed by atoms with Crippen molar-refractivity contribution in [2.45, 2.75) is 24.9 Å². The lowest BCUT2D eigenvalue weighted by atomic mass is 10.2. The minimum atomic E-state index is -0.889. The maximum atomic E-state index is 12.3. The van der Waals surface area contributed by atoms with Gasteiger partial charge in [0.2, 0.25) is 0 Å². The summed E-state index contributed by atoms with van der Waals surface area (Å²) in [5.41, 5.74) is -0.0479. The Labute approximate surface area is 180 Å². The highest BCUT2D eigenvalue weighted by Crippen LogP contribution is 2.26. The molecule has 12 nitrogen and oxygen atoms in total. The first kappa shape index (κ1) is 22.8. The number of carbonyl (C=O) groups excluding carboxylic acids is 2.